The first-order valence-corrected chi connectivity index (χ1v) is 7.96. The van der Waals surface area contributed by atoms with Crippen LogP contribution in [0.25, 0.3) is 0 Å². The lowest BCUT2D eigenvalue weighted by Gasteiger charge is -2.20. The van der Waals surface area contributed by atoms with Gasteiger partial charge in [0.1, 0.15) is 11.6 Å². The van der Waals surface area contributed by atoms with Crippen LogP contribution in [0.5, 0.6) is 0 Å². The van der Waals surface area contributed by atoms with E-state index in [1.807, 2.05) is 26.0 Å². The second-order valence-corrected chi connectivity index (χ2v) is 5.97. The molecule has 2 aromatic carbocycles. The third-order valence-corrected chi connectivity index (χ3v) is 4.36. The highest BCUT2D eigenvalue weighted by Gasteiger charge is 2.14. The summed E-state index contributed by atoms with van der Waals surface area (Å²) in [4.78, 5) is 0.901. The molecule has 1 atom stereocenters. The van der Waals surface area contributed by atoms with Crippen LogP contribution in [-0.4, -0.2) is 12.3 Å². The Morgan fingerprint density at radius 2 is 1.86 bits per heavy atom. The van der Waals surface area contributed by atoms with Crippen molar-refractivity contribution < 1.29 is 8.78 Å². The van der Waals surface area contributed by atoms with E-state index >= 15 is 0 Å². The molecule has 0 spiro atoms. The summed E-state index contributed by atoms with van der Waals surface area (Å²) < 4.78 is 26.4. The van der Waals surface area contributed by atoms with Crippen LogP contribution in [0, 0.1) is 18.6 Å². The Bertz CT molecular complexity index is 601. The smallest absolute Gasteiger partial charge is 0.124 e. The molecule has 0 fully saturated rings. The molecule has 4 heteroatoms. The van der Waals surface area contributed by atoms with Crippen LogP contribution >= 0.6 is 11.8 Å². The Kier molecular flexibility index (Phi) is 5.76. The van der Waals surface area contributed by atoms with E-state index in [0.29, 0.717) is 0 Å². The van der Waals surface area contributed by atoms with Gasteiger partial charge in [0.15, 0.2) is 0 Å². The Balaban J connectivity index is 2.12. The second-order valence-electron chi connectivity index (χ2n) is 4.88. The molecule has 0 radical (unpaired) electrons. The van der Waals surface area contributed by atoms with Gasteiger partial charge in [-0.05, 0) is 54.9 Å². The highest BCUT2D eigenvalue weighted by Crippen LogP contribution is 2.27. The monoisotopic (exact) mass is 307 g/mol. The molecule has 0 saturated heterocycles. The summed E-state index contributed by atoms with van der Waals surface area (Å²) in [5.74, 6) is 0.325. The fourth-order valence-corrected chi connectivity index (χ4v) is 3.30. The van der Waals surface area contributed by atoms with Crippen molar-refractivity contribution in [3.05, 3.63) is 65.2 Å². The van der Waals surface area contributed by atoms with Crippen LogP contribution in [0.15, 0.2) is 47.4 Å². The molecule has 1 N–H and O–H groups in total. The summed E-state index contributed by atoms with van der Waals surface area (Å²) in [5.41, 5.74) is 2.02. The molecule has 1 nitrogen and oxygen atoms in total. The van der Waals surface area contributed by atoms with Gasteiger partial charge in [-0.3, -0.25) is 0 Å². The van der Waals surface area contributed by atoms with Crippen molar-refractivity contribution in [1.82, 2.24) is 5.32 Å². The highest BCUT2D eigenvalue weighted by atomic mass is 32.2. The number of hydrogen-bond donors (Lipinski definition) is 1. The van der Waals surface area contributed by atoms with Crippen molar-refractivity contribution in [3.8, 4) is 0 Å². The molecule has 112 valence electrons. The number of halogens is 2. The normalized spacial score (nSPS) is 12.4. The zero-order valence-corrected chi connectivity index (χ0v) is 13.0. The van der Waals surface area contributed by atoms with Crippen molar-refractivity contribution in [2.75, 3.05) is 12.3 Å². The van der Waals surface area contributed by atoms with Gasteiger partial charge in [-0.2, -0.15) is 0 Å². The maximum Gasteiger partial charge on any atom is 0.124 e. The van der Waals surface area contributed by atoms with Crippen LogP contribution in [-0.2, 0) is 0 Å². The number of thioether (sulfide) groups is 1. The van der Waals surface area contributed by atoms with Crippen LogP contribution in [0.1, 0.15) is 24.1 Å². The van der Waals surface area contributed by atoms with Gasteiger partial charge >= 0.3 is 0 Å². The zero-order chi connectivity index (χ0) is 15.2. The van der Waals surface area contributed by atoms with E-state index in [2.05, 4.69) is 5.32 Å². The van der Waals surface area contributed by atoms with Crippen molar-refractivity contribution in [3.63, 3.8) is 0 Å². The summed E-state index contributed by atoms with van der Waals surface area (Å²) in [6.07, 6.45) is 0. The summed E-state index contributed by atoms with van der Waals surface area (Å²) in [5, 5.41) is 3.41. The maximum atomic E-state index is 13.2. The van der Waals surface area contributed by atoms with Crippen molar-refractivity contribution >= 4 is 11.8 Å². The quantitative estimate of drug-likeness (QED) is 0.775. The van der Waals surface area contributed by atoms with Gasteiger partial charge in [-0.15, -0.1) is 11.8 Å². The standard InChI is InChI=1S/C17H19F2NS/c1-3-20-17(16-8-7-14(19)9-12(16)2)11-21-15-6-4-5-13(18)10-15/h4-10,17,20H,3,11H2,1-2H3. The van der Waals surface area contributed by atoms with Gasteiger partial charge < -0.3 is 5.32 Å². The molecule has 21 heavy (non-hydrogen) atoms. The van der Waals surface area contributed by atoms with Crippen LogP contribution in [0.2, 0.25) is 0 Å². The van der Waals surface area contributed by atoms with E-state index in [1.54, 1.807) is 23.9 Å². The average molecular weight is 307 g/mol. The average Bonchev–Trinajstić information content (AvgIpc) is 2.44. The molecule has 0 aliphatic rings. The lowest BCUT2D eigenvalue weighted by Crippen LogP contribution is -2.23. The van der Waals surface area contributed by atoms with Crippen molar-refractivity contribution in [2.24, 2.45) is 0 Å². The molecule has 0 aromatic heterocycles. The summed E-state index contributed by atoms with van der Waals surface area (Å²) >= 11 is 1.59. The van der Waals surface area contributed by atoms with Crippen LogP contribution in [0.3, 0.4) is 0 Å². The van der Waals surface area contributed by atoms with E-state index in [-0.39, 0.29) is 17.7 Å². The zero-order valence-electron chi connectivity index (χ0n) is 12.2. The van der Waals surface area contributed by atoms with Gasteiger partial charge in [0.25, 0.3) is 0 Å². The molecular weight excluding hydrogens is 288 g/mol. The first kappa shape index (κ1) is 16.0. The molecule has 0 aliphatic heterocycles. The molecule has 0 heterocycles. The van der Waals surface area contributed by atoms with Crippen molar-refractivity contribution in [1.29, 1.82) is 0 Å². The molecule has 2 aromatic rings. The van der Waals surface area contributed by atoms with E-state index in [4.69, 9.17) is 0 Å². The Labute approximate surface area is 128 Å². The predicted octanol–water partition coefficient (Wildman–Crippen LogP) is 4.72. The molecule has 0 saturated carbocycles. The molecule has 0 amide bonds. The third kappa shape index (κ3) is 4.55. The van der Waals surface area contributed by atoms with Gasteiger partial charge in [0, 0.05) is 16.7 Å². The van der Waals surface area contributed by atoms with E-state index in [0.717, 1.165) is 28.3 Å². The number of benzene rings is 2. The van der Waals surface area contributed by atoms with Gasteiger partial charge in [-0.25, -0.2) is 8.78 Å². The Hall–Kier alpha value is -1.39. The molecule has 0 bridgehead atoms. The van der Waals surface area contributed by atoms with Gasteiger partial charge in [0.2, 0.25) is 0 Å². The largest absolute Gasteiger partial charge is 0.309 e. The lowest BCUT2D eigenvalue weighted by atomic mass is 10.0. The summed E-state index contributed by atoms with van der Waals surface area (Å²) in [7, 11) is 0. The minimum atomic E-state index is -0.224. The SMILES string of the molecule is CCNC(CSc1cccc(F)c1)c1ccc(F)cc1C. The Morgan fingerprint density at radius 3 is 2.52 bits per heavy atom. The molecule has 1 unspecified atom stereocenters. The highest BCUT2D eigenvalue weighted by molar-refractivity contribution is 7.99. The number of rotatable bonds is 6. The fraction of sp³-hybridized carbons (Fsp3) is 0.294. The molecular formula is C17H19F2NS. The Morgan fingerprint density at radius 1 is 1.10 bits per heavy atom. The minimum absolute atomic E-state index is 0.115. The molecule has 2 rings (SSSR count). The van der Waals surface area contributed by atoms with Crippen LogP contribution < -0.4 is 5.32 Å². The number of nitrogens with one attached hydrogen (secondary N) is 1. The van der Waals surface area contributed by atoms with E-state index in [9.17, 15) is 8.78 Å². The fourth-order valence-electron chi connectivity index (χ4n) is 2.27. The lowest BCUT2D eigenvalue weighted by molar-refractivity contribution is 0.594. The number of aryl methyl sites for hydroxylation is 1. The topological polar surface area (TPSA) is 12.0 Å². The minimum Gasteiger partial charge on any atom is -0.309 e. The van der Waals surface area contributed by atoms with Gasteiger partial charge in [0.05, 0.1) is 0 Å². The second kappa shape index (κ2) is 7.57. The molecule has 0 aliphatic carbocycles. The van der Waals surface area contributed by atoms with E-state index < -0.39 is 0 Å². The van der Waals surface area contributed by atoms with Crippen molar-refractivity contribution in [2.45, 2.75) is 24.8 Å². The first-order valence-electron chi connectivity index (χ1n) is 6.98. The third-order valence-electron chi connectivity index (χ3n) is 3.27. The van der Waals surface area contributed by atoms with Crippen LogP contribution in [0.4, 0.5) is 8.78 Å². The summed E-state index contributed by atoms with van der Waals surface area (Å²) in [6.45, 7) is 4.78. The summed E-state index contributed by atoms with van der Waals surface area (Å²) in [6, 6.07) is 11.6. The maximum absolute atomic E-state index is 13.2. The first-order chi connectivity index (χ1) is 10.1. The predicted molar refractivity (Wildman–Crippen MR) is 84.7 cm³/mol. The van der Waals surface area contributed by atoms with Gasteiger partial charge in [-0.1, -0.05) is 19.1 Å². The van der Waals surface area contributed by atoms with E-state index in [1.165, 1.54) is 18.2 Å². The number of hydrogen-bond acceptors (Lipinski definition) is 2.